The molecule has 10 heteroatoms. The molecule has 0 aliphatic carbocycles. The molecule has 2 aromatic carbocycles. The zero-order valence-electron chi connectivity index (χ0n) is 13.5. The summed E-state index contributed by atoms with van der Waals surface area (Å²) in [5, 5.41) is 13.2. The summed E-state index contributed by atoms with van der Waals surface area (Å²) in [6.07, 6.45) is 1.56. The molecule has 0 bridgehead atoms. The van der Waals surface area contributed by atoms with E-state index in [1.807, 2.05) is 0 Å². The van der Waals surface area contributed by atoms with Crippen LogP contribution in [0.25, 0.3) is 5.69 Å². The van der Waals surface area contributed by atoms with Gasteiger partial charge in [-0.15, -0.1) is 5.10 Å². The Kier molecular flexibility index (Phi) is 4.95. The lowest BCUT2D eigenvalue weighted by Crippen LogP contribution is -1.99. The van der Waals surface area contributed by atoms with Crippen molar-refractivity contribution in [3.05, 3.63) is 71.6 Å². The highest BCUT2D eigenvalue weighted by molar-refractivity contribution is 7.99. The number of hydrogen-bond donors (Lipinski definition) is 0. The first kappa shape index (κ1) is 17.4. The molecule has 0 radical (unpaired) electrons. The summed E-state index contributed by atoms with van der Waals surface area (Å²) in [6, 6.07) is 14.4. The summed E-state index contributed by atoms with van der Waals surface area (Å²) in [7, 11) is 0. The van der Waals surface area contributed by atoms with Crippen LogP contribution in [0.1, 0.15) is 0 Å². The molecule has 7 nitrogen and oxygen atoms in total. The molecule has 4 aromatic rings. The maximum absolute atomic E-state index is 13.0. The molecule has 27 heavy (non-hydrogen) atoms. The normalized spacial score (nSPS) is 10.7. The van der Waals surface area contributed by atoms with Gasteiger partial charge in [0.2, 0.25) is 11.0 Å². The van der Waals surface area contributed by atoms with Gasteiger partial charge in [0.1, 0.15) is 11.6 Å². The van der Waals surface area contributed by atoms with E-state index in [-0.39, 0.29) is 5.82 Å². The Balaban J connectivity index is 1.55. The molecule has 2 aromatic heterocycles. The van der Waals surface area contributed by atoms with E-state index in [0.29, 0.717) is 27.0 Å². The third kappa shape index (κ3) is 4.21. The molecule has 0 saturated heterocycles. The van der Waals surface area contributed by atoms with Crippen molar-refractivity contribution in [1.82, 2.24) is 30.2 Å². The van der Waals surface area contributed by atoms with Crippen molar-refractivity contribution in [2.75, 3.05) is 0 Å². The molecule has 134 valence electrons. The predicted molar refractivity (Wildman–Crippen MR) is 96.8 cm³/mol. The highest BCUT2D eigenvalue weighted by atomic mass is 35.5. The van der Waals surface area contributed by atoms with Crippen molar-refractivity contribution in [3.63, 3.8) is 0 Å². The van der Waals surface area contributed by atoms with Gasteiger partial charge in [0.25, 0.3) is 0 Å². The van der Waals surface area contributed by atoms with Crippen LogP contribution in [0, 0.1) is 5.82 Å². The average Bonchev–Trinajstić information content (AvgIpc) is 3.13. The van der Waals surface area contributed by atoms with Gasteiger partial charge in [0, 0.05) is 17.3 Å². The number of aromatic nitrogens is 6. The molecular formula is C17H10ClFN6OS. The quantitative estimate of drug-likeness (QED) is 0.465. The fraction of sp³-hybridized carbons (Fsp3) is 0. The van der Waals surface area contributed by atoms with E-state index in [1.54, 1.807) is 41.2 Å². The van der Waals surface area contributed by atoms with Gasteiger partial charge in [-0.2, -0.15) is 9.67 Å². The van der Waals surface area contributed by atoms with E-state index in [0.717, 1.165) is 5.69 Å². The van der Waals surface area contributed by atoms with E-state index in [4.69, 9.17) is 16.3 Å². The Morgan fingerprint density at radius 3 is 2.56 bits per heavy atom. The van der Waals surface area contributed by atoms with Crippen molar-refractivity contribution in [1.29, 1.82) is 0 Å². The largest absolute Gasteiger partial charge is 0.439 e. The van der Waals surface area contributed by atoms with Gasteiger partial charge >= 0.3 is 0 Å². The Bertz CT molecular complexity index is 1060. The molecule has 0 atom stereocenters. The molecule has 0 unspecified atom stereocenters. The average molecular weight is 401 g/mol. The molecule has 4 rings (SSSR count). The zero-order chi connectivity index (χ0) is 18.6. The van der Waals surface area contributed by atoms with Gasteiger partial charge in [-0.3, -0.25) is 0 Å². The maximum atomic E-state index is 13.0. The second-order valence-electron chi connectivity index (χ2n) is 5.19. The summed E-state index contributed by atoms with van der Waals surface area (Å²) >= 11 is 7.09. The van der Waals surface area contributed by atoms with Crippen molar-refractivity contribution >= 4 is 23.4 Å². The van der Waals surface area contributed by atoms with Crippen molar-refractivity contribution in [2.45, 2.75) is 10.3 Å². The van der Waals surface area contributed by atoms with Crippen LogP contribution >= 0.6 is 23.4 Å². The SMILES string of the molecule is Fc1ccc(Oc2ccnc(Sc3nnnn3-c3ccc(Cl)cc3)n2)cc1. The summed E-state index contributed by atoms with van der Waals surface area (Å²) < 4.78 is 20.2. The lowest BCUT2D eigenvalue weighted by Gasteiger charge is -2.06. The van der Waals surface area contributed by atoms with Crippen molar-refractivity contribution in [3.8, 4) is 17.3 Å². The molecule has 0 aliphatic rings. The van der Waals surface area contributed by atoms with Crippen LogP contribution in [0.15, 0.2) is 71.1 Å². The number of tetrazole rings is 1. The topological polar surface area (TPSA) is 78.6 Å². The van der Waals surface area contributed by atoms with Crippen LogP contribution in [-0.4, -0.2) is 30.2 Å². The molecule has 0 fully saturated rings. The number of nitrogens with zero attached hydrogens (tertiary/aromatic N) is 6. The Hall–Kier alpha value is -3.04. The fourth-order valence-corrected chi connectivity index (χ4v) is 2.97. The van der Waals surface area contributed by atoms with E-state index < -0.39 is 0 Å². The minimum atomic E-state index is -0.338. The Labute approximate surface area is 162 Å². The van der Waals surface area contributed by atoms with Gasteiger partial charge in [0.15, 0.2) is 5.16 Å². The number of benzene rings is 2. The summed E-state index contributed by atoms with van der Waals surface area (Å²) in [5.41, 5.74) is 0.755. The number of hydrogen-bond acceptors (Lipinski definition) is 7. The van der Waals surface area contributed by atoms with E-state index >= 15 is 0 Å². The molecule has 0 aliphatic heterocycles. The van der Waals surface area contributed by atoms with Crippen LogP contribution in [0.5, 0.6) is 11.6 Å². The smallest absolute Gasteiger partial charge is 0.223 e. The first-order valence-corrected chi connectivity index (χ1v) is 8.85. The Morgan fingerprint density at radius 1 is 1.00 bits per heavy atom. The molecule has 2 heterocycles. The van der Waals surface area contributed by atoms with Gasteiger partial charge in [0.05, 0.1) is 5.69 Å². The van der Waals surface area contributed by atoms with Crippen LogP contribution < -0.4 is 4.74 Å². The zero-order valence-corrected chi connectivity index (χ0v) is 15.1. The maximum Gasteiger partial charge on any atom is 0.223 e. The Morgan fingerprint density at radius 2 is 1.78 bits per heavy atom. The van der Waals surface area contributed by atoms with Gasteiger partial charge in [-0.25, -0.2) is 9.37 Å². The summed E-state index contributed by atoms with van der Waals surface area (Å²) in [4.78, 5) is 8.52. The molecule has 0 saturated carbocycles. The number of ether oxygens (including phenoxy) is 1. The standard InChI is InChI=1S/C17H10ClFN6OS/c18-11-1-5-13(6-2-11)25-17(22-23-24-25)27-16-20-10-9-15(21-16)26-14-7-3-12(19)4-8-14/h1-10H. The lowest BCUT2D eigenvalue weighted by molar-refractivity contribution is 0.454. The summed E-state index contributed by atoms with van der Waals surface area (Å²) in [6.45, 7) is 0. The monoisotopic (exact) mass is 400 g/mol. The first-order valence-electron chi connectivity index (χ1n) is 7.66. The predicted octanol–water partition coefficient (Wildman–Crippen LogP) is 4.19. The van der Waals surface area contributed by atoms with E-state index in [9.17, 15) is 4.39 Å². The minimum Gasteiger partial charge on any atom is -0.439 e. The van der Waals surface area contributed by atoms with Crippen LogP contribution in [0.4, 0.5) is 4.39 Å². The fourth-order valence-electron chi connectivity index (χ4n) is 2.12. The highest BCUT2D eigenvalue weighted by Gasteiger charge is 2.13. The highest BCUT2D eigenvalue weighted by Crippen LogP contribution is 2.27. The molecule has 0 spiro atoms. The van der Waals surface area contributed by atoms with Gasteiger partial charge in [-0.1, -0.05) is 11.6 Å². The second kappa shape index (κ2) is 7.68. The van der Waals surface area contributed by atoms with Crippen molar-refractivity contribution < 1.29 is 9.13 Å². The third-order valence-electron chi connectivity index (χ3n) is 3.34. The first-order chi connectivity index (χ1) is 13.2. The molecule has 0 amide bonds. The van der Waals surface area contributed by atoms with Crippen molar-refractivity contribution in [2.24, 2.45) is 0 Å². The third-order valence-corrected chi connectivity index (χ3v) is 4.41. The van der Waals surface area contributed by atoms with Crippen LogP contribution in [0.2, 0.25) is 5.02 Å². The number of rotatable bonds is 5. The minimum absolute atomic E-state index is 0.324. The van der Waals surface area contributed by atoms with E-state index in [2.05, 4.69) is 25.5 Å². The second-order valence-corrected chi connectivity index (χ2v) is 6.56. The van der Waals surface area contributed by atoms with Gasteiger partial charge < -0.3 is 4.74 Å². The summed E-state index contributed by atoms with van der Waals surface area (Å²) in [5.74, 6) is 0.456. The van der Waals surface area contributed by atoms with Crippen LogP contribution in [-0.2, 0) is 0 Å². The van der Waals surface area contributed by atoms with Crippen LogP contribution in [0.3, 0.4) is 0 Å². The molecule has 0 N–H and O–H groups in total. The lowest BCUT2D eigenvalue weighted by atomic mass is 10.3. The number of halogens is 2. The van der Waals surface area contributed by atoms with E-state index in [1.165, 1.54) is 36.0 Å². The molecular weight excluding hydrogens is 391 g/mol. The van der Waals surface area contributed by atoms with Gasteiger partial charge in [-0.05, 0) is 70.7 Å².